The summed E-state index contributed by atoms with van der Waals surface area (Å²) in [5.41, 5.74) is 1.26. The molecule has 1 saturated heterocycles. The summed E-state index contributed by atoms with van der Waals surface area (Å²) >= 11 is 0. The Morgan fingerprint density at radius 1 is 1.33 bits per heavy atom. The van der Waals surface area contributed by atoms with Gasteiger partial charge in [-0.1, -0.05) is 0 Å². The predicted octanol–water partition coefficient (Wildman–Crippen LogP) is 0.657. The summed E-state index contributed by atoms with van der Waals surface area (Å²) in [4.78, 5) is 29.6. The molecule has 0 radical (unpaired) electrons. The van der Waals surface area contributed by atoms with Crippen molar-refractivity contribution >= 4 is 16.9 Å². The number of hydrogen-bond donors (Lipinski definition) is 0. The first-order valence-electron chi connectivity index (χ1n) is 8.32. The first-order valence-corrected chi connectivity index (χ1v) is 8.32. The lowest BCUT2D eigenvalue weighted by Crippen LogP contribution is -2.38. The number of nitrogens with zero attached hydrogens (tertiary/aromatic N) is 5. The van der Waals surface area contributed by atoms with E-state index in [1.165, 1.54) is 9.13 Å². The van der Waals surface area contributed by atoms with Gasteiger partial charge in [-0.25, -0.2) is 4.79 Å². The fraction of sp³-hybridized carbons (Fsp3) is 0.562. The van der Waals surface area contributed by atoms with Crippen LogP contribution >= 0.6 is 0 Å². The molecule has 0 bridgehead atoms. The second-order valence-corrected chi connectivity index (χ2v) is 6.36. The van der Waals surface area contributed by atoms with Gasteiger partial charge in [0.25, 0.3) is 5.56 Å². The lowest BCUT2D eigenvalue weighted by Gasteiger charge is -2.11. The zero-order valence-electron chi connectivity index (χ0n) is 14.2. The van der Waals surface area contributed by atoms with Gasteiger partial charge in [-0.2, -0.15) is 4.98 Å². The summed E-state index contributed by atoms with van der Waals surface area (Å²) < 4.78 is 12.3. The van der Waals surface area contributed by atoms with E-state index in [0.29, 0.717) is 30.0 Å². The predicted molar refractivity (Wildman–Crippen MR) is 89.6 cm³/mol. The van der Waals surface area contributed by atoms with Gasteiger partial charge in [0, 0.05) is 32.1 Å². The van der Waals surface area contributed by atoms with Gasteiger partial charge < -0.3 is 9.30 Å². The summed E-state index contributed by atoms with van der Waals surface area (Å²) in [7, 11) is 1.65. The van der Waals surface area contributed by atoms with Crippen LogP contribution in [0.4, 0.5) is 0 Å². The number of rotatable bonds is 3. The van der Waals surface area contributed by atoms with E-state index in [-0.39, 0.29) is 17.4 Å². The number of aromatic nitrogens is 5. The molecule has 0 aliphatic carbocycles. The molecule has 8 nitrogen and oxygen atoms in total. The molecule has 1 fully saturated rings. The van der Waals surface area contributed by atoms with Crippen molar-refractivity contribution in [2.45, 2.75) is 45.9 Å². The Balaban J connectivity index is 2.01. The van der Waals surface area contributed by atoms with Gasteiger partial charge in [-0.3, -0.25) is 18.3 Å². The van der Waals surface area contributed by atoms with Crippen LogP contribution in [0.15, 0.2) is 15.8 Å². The molecule has 128 valence electrons. The van der Waals surface area contributed by atoms with Gasteiger partial charge >= 0.3 is 5.69 Å². The molecule has 3 aromatic heterocycles. The quantitative estimate of drug-likeness (QED) is 0.706. The average molecular weight is 331 g/mol. The molecule has 1 aliphatic rings. The molecule has 0 N–H and O–H groups in total. The van der Waals surface area contributed by atoms with Gasteiger partial charge in [0.1, 0.15) is 0 Å². The standard InChI is InChI=1S/C16H21N5O3/c1-4-19-14(22)12-13(18(3)16(19)23)17-15-20(10(2)8-21(12)15)9-11-6-5-7-24-11/h8,11H,4-7,9H2,1-3H3. The minimum absolute atomic E-state index is 0.177. The molecule has 8 heteroatoms. The van der Waals surface area contributed by atoms with Crippen LogP contribution in [-0.4, -0.2) is 35.8 Å². The maximum Gasteiger partial charge on any atom is 0.332 e. The third-order valence-corrected chi connectivity index (χ3v) is 4.87. The molecular weight excluding hydrogens is 310 g/mol. The van der Waals surface area contributed by atoms with E-state index in [0.717, 1.165) is 25.1 Å². The maximum atomic E-state index is 12.7. The average Bonchev–Trinajstić information content (AvgIpc) is 3.24. The molecule has 1 atom stereocenters. The molecule has 0 amide bonds. The van der Waals surface area contributed by atoms with Gasteiger partial charge in [0.15, 0.2) is 11.2 Å². The summed E-state index contributed by atoms with van der Waals surface area (Å²) in [6.07, 6.45) is 4.19. The molecule has 24 heavy (non-hydrogen) atoms. The van der Waals surface area contributed by atoms with Crippen LogP contribution in [-0.2, 0) is 24.9 Å². The number of imidazole rings is 2. The second kappa shape index (κ2) is 5.34. The van der Waals surface area contributed by atoms with Crippen LogP contribution in [0.3, 0.4) is 0 Å². The highest BCUT2D eigenvalue weighted by Crippen LogP contribution is 2.20. The van der Waals surface area contributed by atoms with E-state index >= 15 is 0 Å². The molecule has 4 rings (SSSR count). The summed E-state index contributed by atoms with van der Waals surface area (Å²) in [5, 5.41) is 0. The van der Waals surface area contributed by atoms with Crippen LogP contribution < -0.4 is 11.2 Å². The van der Waals surface area contributed by atoms with Crippen LogP contribution in [0.5, 0.6) is 0 Å². The Morgan fingerprint density at radius 3 is 2.79 bits per heavy atom. The highest BCUT2D eigenvalue weighted by Gasteiger charge is 2.22. The van der Waals surface area contributed by atoms with E-state index in [9.17, 15) is 9.59 Å². The SMILES string of the molecule is CCn1c(=O)c2c(nc3n(CC4CCCO4)c(C)cn23)n(C)c1=O. The number of hydrogen-bond acceptors (Lipinski definition) is 4. The lowest BCUT2D eigenvalue weighted by molar-refractivity contribution is 0.0974. The number of fused-ring (bicyclic) bond motifs is 3. The number of ether oxygens (including phenoxy) is 1. The molecule has 0 saturated carbocycles. The third kappa shape index (κ3) is 1.99. The van der Waals surface area contributed by atoms with Crippen molar-refractivity contribution in [1.29, 1.82) is 0 Å². The zero-order valence-corrected chi connectivity index (χ0v) is 14.2. The Morgan fingerprint density at radius 2 is 2.12 bits per heavy atom. The normalized spacial score (nSPS) is 18.2. The Hall–Kier alpha value is -2.35. The topological polar surface area (TPSA) is 75.5 Å². The van der Waals surface area contributed by atoms with Crippen molar-refractivity contribution in [1.82, 2.24) is 23.1 Å². The molecule has 4 heterocycles. The highest BCUT2D eigenvalue weighted by atomic mass is 16.5. The molecule has 3 aromatic rings. The summed E-state index contributed by atoms with van der Waals surface area (Å²) in [5.74, 6) is 0.680. The largest absolute Gasteiger partial charge is 0.376 e. The molecular formula is C16H21N5O3. The van der Waals surface area contributed by atoms with Crippen molar-refractivity contribution in [3.63, 3.8) is 0 Å². The minimum atomic E-state index is -0.335. The molecule has 0 aromatic carbocycles. The van der Waals surface area contributed by atoms with Gasteiger partial charge in [-0.05, 0) is 26.7 Å². The van der Waals surface area contributed by atoms with Gasteiger partial charge in [-0.15, -0.1) is 0 Å². The van der Waals surface area contributed by atoms with Crippen LogP contribution in [0.1, 0.15) is 25.5 Å². The van der Waals surface area contributed by atoms with Crippen molar-refractivity contribution in [3.05, 3.63) is 32.7 Å². The third-order valence-electron chi connectivity index (χ3n) is 4.87. The number of aryl methyl sites for hydroxylation is 2. The summed E-state index contributed by atoms with van der Waals surface area (Å²) in [6.45, 7) is 5.63. The van der Waals surface area contributed by atoms with Crippen LogP contribution in [0, 0.1) is 6.92 Å². The maximum absolute atomic E-state index is 12.7. The zero-order chi connectivity index (χ0) is 17.0. The fourth-order valence-electron chi connectivity index (χ4n) is 3.55. The van der Waals surface area contributed by atoms with E-state index in [1.807, 2.05) is 13.1 Å². The smallest absolute Gasteiger partial charge is 0.332 e. The molecule has 0 spiro atoms. The Kier molecular flexibility index (Phi) is 3.38. The first kappa shape index (κ1) is 15.2. The van der Waals surface area contributed by atoms with Crippen LogP contribution in [0.2, 0.25) is 0 Å². The van der Waals surface area contributed by atoms with Gasteiger partial charge in [0.2, 0.25) is 5.78 Å². The first-order chi connectivity index (χ1) is 11.5. The Bertz CT molecular complexity index is 1050. The Labute approximate surface area is 137 Å². The second-order valence-electron chi connectivity index (χ2n) is 6.36. The van der Waals surface area contributed by atoms with Crippen molar-refractivity contribution < 1.29 is 4.74 Å². The lowest BCUT2D eigenvalue weighted by atomic mass is 10.2. The van der Waals surface area contributed by atoms with Crippen LogP contribution in [0.25, 0.3) is 16.9 Å². The van der Waals surface area contributed by atoms with E-state index in [4.69, 9.17) is 4.74 Å². The van der Waals surface area contributed by atoms with Crippen molar-refractivity contribution in [2.24, 2.45) is 7.05 Å². The minimum Gasteiger partial charge on any atom is -0.376 e. The van der Waals surface area contributed by atoms with Gasteiger partial charge in [0.05, 0.1) is 12.6 Å². The fourth-order valence-corrected chi connectivity index (χ4v) is 3.55. The summed E-state index contributed by atoms with van der Waals surface area (Å²) in [6, 6.07) is 0. The van der Waals surface area contributed by atoms with E-state index in [2.05, 4.69) is 9.55 Å². The molecule has 1 unspecified atom stereocenters. The van der Waals surface area contributed by atoms with E-state index in [1.54, 1.807) is 18.4 Å². The molecule has 1 aliphatic heterocycles. The highest BCUT2D eigenvalue weighted by molar-refractivity contribution is 5.75. The van der Waals surface area contributed by atoms with E-state index < -0.39 is 0 Å². The van der Waals surface area contributed by atoms with Crippen molar-refractivity contribution in [3.8, 4) is 0 Å². The van der Waals surface area contributed by atoms with Crippen molar-refractivity contribution in [2.75, 3.05) is 6.61 Å². The monoisotopic (exact) mass is 331 g/mol.